The van der Waals surface area contributed by atoms with Crippen molar-refractivity contribution < 1.29 is 37.0 Å². The van der Waals surface area contributed by atoms with Crippen LogP contribution in [0.5, 0.6) is 0 Å². The van der Waals surface area contributed by atoms with Crippen LogP contribution in [0.3, 0.4) is 0 Å². The van der Waals surface area contributed by atoms with Crippen molar-refractivity contribution in [1.82, 2.24) is 0 Å². The van der Waals surface area contributed by atoms with Gasteiger partial charge in [-0.25, -0.2) is 9.59 Å². The van der Waals surface area contributed by atoms with Gasteiger partial charge in [0.05, 0.1) is 12.2 Å². The molecule has 5 nitrogen and oxygen atoms in total. The number of thioether (sulfide) groups is 1. The molecule has 3 rings (SSSR count). The maximum atomic E-state index is 13.1. The van der Waals surface area contributed by atoms with Crippen LogP contribution in [-0.2, 0) is 25.2 Å². The summed E-state index contributed by atoms with van der Waals surface area (Å²) in [6.45, 7) is 11.4. The Kier molecular flexibility index (Phi) is 11.1. The number of aryl methyl sites for hydroxylation is 2. The van der Waals surface area contributed by atoms with Gasteiger partial charge in [-0.15, -0.1) is 11.8 Å². The summed E-state index contributed by atoms with van der Waals surface area (Å²) >= 11 is 1.36. The van der Waals surface area contributed by atoms with E-state index in [1.807, 2.05) is 46.8 Å². The Morgan fingerprint density at radius 3 is 2.35 bits per heavy atom. The molecular formula is C28H33F3O5S. The van der Waals surface area contributed by atoms with Crippen molar-refractivity contribution in [3.8, 4) is 0 Å². The van der Waals surface area contributed by atoms with Crippen LogP contribution in [0.2, 0.25) is 0 Å². The summed E-state index contributed by atoms with van der Waals surface area (Å²) in [5.74, 6) is -0.107. The van der Waals surface area contributed by atoms with Gasteiger partial charge in [-0.05, 0) is 56.2 Å². The van der Waals surface area contributed by atoms with Gasteiger partial charge in [0.2, 0.25) is 0 Å². The lowest BCUT2D eigenvalue weighted by atomic mass is 9.92. The molecule has 1 aliphatic heterocycles. The number of halogens is 3. The molecule has 2 aromatic carbocycles. The van der Waals surface area contributed by atoms with Crippen molar-refractivity contribution in [2.75, 3.05) is 12.4 Å². The van der Waals surface area contributed by atoms with Crippen LogP contribution in [0.15, 0.2) is 53.1 Å². The van der Waals surface area contributed by atoms with Gasteiger partial charge in [0.15, 0.2) is 0 Å². The topological polar surface area (TPSA) is 61.8 Å². The fourth-order valence-electron chi connectivity index (χ4n) is 3.72. The van der Waals surface area contributed by atoms with Gasteiger partial charge in [0.25, 0.3) is 0 Å². The van der Waals surface area contributed by atoms with Gasteiger partial charge in [0.1, 0.15) is 17.4 Å². The Morgan fingerprint density at radius 2 is 1.78 bits per heavy atom. The highest BCUT2D eigenvalue weighted by molar-refractivity contribution is 7.99. The van der Waals surface area contributed by atoms with Crippen molar-refractivity contribution in [2.24, 2.45) is 5.92 Å². The number of rotatable bonds is 7. The van der Waals surface area contributed by atoms with Crippen LogP contribution < -0.4 is 0 Å². The molecule has 2 unspecified atom stereocenters. The summed E-state index contributed by atoms with van der Waals surface area (Å²) in [7, 11) is 0. The van der Waals surface area contributed by atoms with Gasteiger partial charge in [-0.2, -0.15) is 13.2 Å². The third-order valence-corrected chi connectivity index (χ3v) is 6.88. The molecule has 0 saturated heterocycles. The van der Waals surface area contributed by atoms with E-state index in [0.717, 1.165) is 23.3 Å². The minimum atomic E-state index is -4.39. The van der Waals surface area contributed by atoms with E-state index in [4.69, 9.17) is 14.2 Å². The number of hydrogen-bond acceptors (Lipinski definition) is 6. The van der Waals surface area contributed by atoms with Gasteiger partial charge in [-0.1, -0.05) is 44.5 Å². The maximum absolute atomic E-state index is 13.1. The minimum Gasteiger partial charge on any atom is -0.458 e. The van der Waals surface area contributed by atoms with Gasteiger partial charge >= 0.3 is 18.3 Å². The van der Waals surface area contributed by atoms with Gasteiger partial charge in [-0.3, -0.25) is 0 Å². The van der Waals surface area contributed by atoms with Crippen LogP contribution in [0.4, 0.5) is 18.0 Å². The second kappa shape index (κ2) is 13.6. The van der Waals surface area contributed by atoms with Crippen molar-refractivity contribution in [3.63, 3.8) is 0 Å². The average molecular weight is 539 g/mol. The van der Waals surface area contributed by atoms with Crippen molar-refractivity contribution in [3.05, 3.63) is 70.5 Å². The summed E-state index contributed by atoms with van der Waals surface area (Å²) in [5.41, 5.74) is 1.96. The predicted molar refractivity (Wildman–Crippen MR) is 138 cm³/mol. The number of carbonyl (C=O) groups is 2. The first-order chi connectivity index (χ1) is 17.5. The normalized spacial score (nSPS) is 16.4. The molecule has 0 fully saturated rings. The summed E-state index contributed by atoms with van der Waals surface area (Å²) in [5, 5.41) is 0. The maximum Gasteiger partial charge on any atom is 0.513 e. The molecular weight excluding hydrogens is 505 g/mol. The molecule has 9 heteroatoms. The Hall–Kier alpha value is -2.94. The van der Waals surface area contributed by atoms with E-state index in [2.05, 4.69) is 0 Å². The van der Waals surface area contributed by atoms with Crippen molar-refractivity contribution in [2.45, 2.75) is 65.1 Å². The van der Waals surface area contributed by atoms with Crippen molar-refractivity contribution in [1.29, 1.82) is 0 Å². The zero-order chi connectivity index (χ0) is 27.8. The molecule has 0 saturated carbocycles. The molecule has 0 N–H and O–H groups in total. The Morgan fingerprint density at radius 1 is 1.14 bits per heavy atom. The number of cyclic esters (lactones) is 1. The first-order valence-electron chi connectivity index (χ1n) is 12.2. The second-order valence-corrected chi connectivity index (χ2v) is 9.45. The monoisotopic (exact) mass is 538 g/mol. The fraction of sp³-hybridized carbons (Fsp3) is 0.429. The molecule has 37 heavy (non-hydrogen) atoms. The molecule has 202 valence electrons. The highest BCUT2D eigenvalue weighted by atomic mass is 32.2. The molecule has 0 spiro atoms. The zero-order valence-electron chi connectivity index (χ0n) is 21.9. The highest BCUT2D eigenvalue weighted by Gasteiger charge is 2.36. The van der Waals surface area contributed by atoms with E-state index >= 15 is 0 Å². The standard InChI is InChI=1S/C26H27F3O5S.C2H6/c1-5-32-25(31)34-22-13-21(33-24(30)23(22)20-11-6-15(2)12-16(20)3)17(4)14-35-19-9-7-18(8-10-19)26(27,28)29;1-2/h6-12,17,21H,5,13-14H2,1-4H3;1-2H3. The van der Waals surface area contributed by atoms with Crippen LogP contribution >= 0.6 is 11.8 Å². The van der Waals surface area contributed by atoms with E-state index in [1.54, 1.807) is 13.0 Å². The van der Waals surface area contributed by atoms with E-state index in [9.17, 15) is 22.8 Å². The number of esters is 1. The zero-order valence-corrected chi connectivity index (χ0v) is 22.7. The molecule has 0 aromatic heterocycles. The lowest BCUT2D eigenvalue weighted by Crippen LogP contribution is -2.33. The SMILES string of the molecule is CC.CCOC(=O)OC1=C(c2ccc(C)cc2C)C(=O)OC(C(C)CSc2ccc(C(F)(F)F)cc2)C1. The predicted octanol–water partition coefficient (Wildman–Crippen LogP) is 7.98. The summed E-state index contributed by atoms with van der Waals surface area (Å²) in [4.78, 5) is 25.8. The first kappa shape index (κ1) is 30.3. The van der Waals surface area contributed by atoms with E-state index in [-0.39, 0.29) is 30.3 Å². The Balaban J connectivity index is 0.00000235. The number of carbonyl (C=O) groups excluding carboxylic acids is 2. The van der Waals surface area contributed by atoms with E-state index in [0.29, 0.717) is 16.2 Å². The number of alkyl halides is 3. The lowest BCUT2D eigenvalue weighted by Gasteiger charge is -2.30. The van der Waals surface area contributed by atoms with Crippen LogP contribution in [0, 0.1) is 19.8 Å². The first-order valence-corrected chi connectivity index (χ1v) is 13.1. The van der Waals surface area contributed by atoms with E-state index in [1.165, 1.54) is 23.9 Å². The smallest absolute Gasteiger partial charge is 0.458 e. The molecule has 1 aliphatic rings. The van der Waals surface area contributed by atoms with E-state index < -0.39 is 30.0 Å². The molecule has 2 atom stereocenters. The van der Waals surface area contributed by atoms with Crippen LogP contribution in [-0.4, -0.2) is 30.6 Å². The van der Waals surface area contributed by atoms with Gasteiger partial charge in [0, 0.05) is 23.0 Å². The third-order valence-electron chi connectivity index (χ3n) is 5.58. The third kappa shape index (κ3) is 8.28. The quantitative estimate of drug-likeness (QED) is 0.263. The van der Waals surface area contributed by atoms with Crippen molar-refractivity contribution >= 4 is 29.5 Å². The largest absolute Gasteiger partial charge is 0.513 e. The molecule has 0 aliphatic carbocycles. The number of hydrogen-bond donors (Lipinski definition) is 0. The molecule has 0 amide bonds. The summed E-state index contributed by atoms with van der Waals surface area (Å²) in [6, 6.07) is 10.5. The minimum absolute atomic E-state index is 0.124. The fourth-order valence-corrected chi connectivity index (χ4v) is 4.72. The molecule has 2 aromatic rings. The summed E-state index contributed by atoms with van der Waals surface area (Å²) in [6.07, 6.45) is -5.70. The summed E-state index contributed by atoms with van der Waals surface area (Å²) < 4.78 is 54.4. The molecule has 1 heterocycles. The Bertz CT molecular complexity index is 1110. The average Bonchev–Trinajstić information content (AvgIpc) is 2.84. The Labute approximate surface area is 220 Å². The highest BCUT2D eigenvalue weighted by Crippen LogP contribution is 2.36. The van der Waals surface area contributed by atoms with Crippen LogP contribution in [0.1, 0.15) is 56.4 Å². The van der Waals surface area contributed by atoms with Crippen LogP contribution in [0.25, 0.3) is 5.57 Å². The lowest BCUT2D eigenvalue weighted by molar-refractivity contribution is -0.146. The molecule has 0 bridgehead atoms. The number of benzene rings is 2. The molecule has 0 radical (unpaired) electrons. The van der Waals surface area contributed by atoms with Gasteiger partial charge < -0.3 is 14.2 Å². The second-order valence-electron chi connectivity index (χ2n) is 8.36. The number of ether oxygens (including phenoxy) is 3.